The second-order valence-electron chi connectivity index (χ2n) is 8.00. The number of aliphatic hydroxyl groups excluding tert-OH is 1. The SMILES string of the molecule is Cc1cnc(N[C@@H]2CCC[C@H](O)C2)nc1-c1c[nH]c2nc(-c3conc3C)ccc12. The predicted octanol–water partition coefficient (Wildman–Crippen LogP) is 4.01. The molecule has 0 amide bonds. The second kappa shape index (κ2) is 7.53. The minimum atomic E-state index is -0.246. The molecule has 3 N–H and O–H groups in total. The fourth-order valence-electron chi connectivity index (χ4n) is 4.15. The molecule has 5 rings (SSSR count). The summed E-state index contributed by atoms with van der Waals surface area (Å²) in [6.45, 7) is 3.90. The first-order valence-electron chi connectivity index (χ1n) is 10.3. The fourth-order valence-corrected chi connectivity index (χ4v) is 4.15. The molecule has 4 aromatic heterocycles. The molecule has 2 atom stereocenters. The van der Waals surface area contributed by atoms with Gasteiger partial charge in [-0.15, -0.1) is 0 Å². The number of anilines is 1. The number of hydrogen-bond acceptors (Lipinski definition) is 7. The lowest BCUT2D eigenvalue weighted by atomic mass is 9.93. The highest BCUT2D eigenvalue weighted by Crippen LogP contribution is 2.32. The van der Waals surface area contributed by atoms with Crippen molar-refractivity contribution >= 4 is 17.0 Å². The molecule has 0 aromatic carbocycles. The molecule has 0 unspecified atom stereocenters. The van der Waals surface area contributed by atoms with Crippen LogP contribution >= 0.6 is 0 Å². The molecule has 1 saturated carbocycles. The number of nitrogens with one attached hydrogen (secondary N) is 2. The maximum absolute atomic E-state index is 9.93. The fraction of sp³-hybridized carbons (Fsp3) is 0.364. The Hall–Kier alpha value is -3.26. The molecule has 0 radical (unpaired) electrons. The van der Waals surface area contributed by atoms with Gasteiger partial charge < -0.3 is 19.9 Å². The normalized spacial score (nSPS) is 19.3. The number of nitrogens with zero attached hydrogens (tertiary/aromatic N) is 4. The zero-order chi connectivity index (χ0) is 20.7. The van der Waals surface area contributed by atoms with E-state index in [9.17, 15) is 5.11 Å². The lowest BCUT2D eigenvalue weighted by Crippen LogP contribution is -2.30. The van der Waals surface area contributed by atoms with E-state index in [1.54, 1.807) is 6.26 Å². The smallest absolute Gasteiger partial charge is 0.223 e. The van der Waals surface area contributed by atoms with Gasteiger partial charge in [0, 0.05) is 29.4 Å². The average Bonchev–Trinajstić information content (AvgIpc) is 3.35. The zero-order valence-corrected chi connectivity index (χ0v) is 17.0. The van der Waals surface area contributed by atoms with Crippen molar-refractivity contribution in [2.24, 2.45) is 0 Å². The van der Waals surface area contributed by atoms with E-state index in [4.69, 9.17) is 14.5 Å². The molecule has 1 aliphatic rings. The number of H-pyrrole nitrogens is 1. The molecule has 4 aromatic rings. The molecule has 0 spiro atoms. The standard InChI is InChI=1S/C22H24N6O2/c1-12-9-24-22(25-14-4-3-5-15(29)8-14)27-20(12)17-10-23-21-16(17)6-7-19(26-21)18-11-30-28-13(18)2/h6-7,9-11,14-15,29H,3-5,8H2,1-2H3,(H,23,26)(H,24,25,27)/t14-,15+/m1/s1. The molecule has 8 heteroatoms. The van der Waals surface area contributed by atoms with E-state index < -0.39 is 0 Å². The van der Waals surface area contributed by atoms with Crippen LogP contribution in [0.4, 0.5) is 5.95 Å². The topological polar surface area (TPSA) is 113 Å². The molecule has 0 aliphatic heterocycles. The highest BCUT2D eigenvalue weighted by Gasteiger charge is 2.21. The number of rotatable bonds is 4. The number of aliphatic hydroxyl groups is 1. The minimum Gasteiger partial charge on any atom is -0.393 e. The van der Waals surface area contributed by atoms with E-state index in [-0.39, 0.29) is 12.1 Å². The van der Waals surface area contributed by atoms with Crippen molar-refractivity contribution in [2.75, 3.05) is 5.32 Å². The van der Waals surface area contributed by atoms with Crippen LogP contribution in [0.15, 0.2) is 35.3 Å². The Bertz CT molecular complexity index is 1200. The van der Waals surface area contributed by atoms with Gasteiger partial charge in [0.25, 0.3) is 0 Å². The van der Waals surface area contributed by atoms with Crippen molar-refractivity contribution in [3.8, 4) is 22.5 Å². The summed E-state index contributed by atoms with van der Waals surface area (Å²) in [5.74, 6) is 0.591. The van der Waals surface area contributed by atoms with Gasteiger partial charge >= 0.3 is 0 Å². The van der Waals surface area contributed by atoms with Gasteiger partial charge in [-0.25, -0.2) is 15.0 Å². The summed E-state index contributed by atoms with van der Waals surface area (Å²) < 4.78 is 5.04. The van der Waals surface area contributed by atoms with Crippen LogP contribution in [0.3, 0.4) is 0 Å². The summed E-state index contributed by atoms with van der Waals surface area (Å²) in [6.07, 6.45) is 8.78. The monoisotopic (exact) mass is 404 g/mol. The number of pyridine rings is 1. The van der Waals surface area contributed by atoms with E-state index >= 15 is 0 Å². The summed E-state index contributed by atoms with van der Waals surface area (Å²) in [5.41, 5.74) is 6.13. The van der Waals surface area contributed by atoms with Crippen molar-refractivity contribution in [1.82, 2.24) is 25.1 Å². The summed E-state index contributed by atoms with van der Waals surface area (Å²) in [4.78, 5) is 17.3. The Morgan fingerprint density at radius 1 is 1.17 bits per heavy atom. The van der Waals surface area contributed by atoms with Gasteiger partial charge in [0.05, 0.1) is 28.7 Å². The third-order valence-corrected chi connectivity index (χ3v) is 5.77. The third kappa shape index (κ3) is 3.43. The largest absolute Gasteiger partial charge is 0.393 e. The molecule has 1 fully saturated rings. The molecular weight excluding hydrogens is 380 g/mol. The van der Waals surface area contributed by atoms with E-state index in [1.165, 1.54) is 0 Å². The van der Waals surface area contributed by atoms with Gasteiger partial charge in [-0.1, -0.05) is 5.16 Å². The maximum atomic E-state index is 9.93. The summed E-state index contributed by atoms with van der Waals surface area (Å²) >= 11 is 0. The molecule has 154 valence electrons. The first-order chi connectivity index (χ1) is 14.6. The number of aryl methyl sites for hydroxylation is 2. The van der Waals surface area contributed by atoms with Gasteiger partial charge in [-0.2, -0.15) is 0 Å². The van der Waals surface area contributed by atoms with Crippen LogP contribution in [0.2, 0.25) is 0 Å². The third-order valence-electron chi connectivity index (χ3n) is 5.77. The van der Waals surface area contributed by atoms with Crippen LogP contribution < -0.4 is 5.32 Å². The zero-order valence-electron chi connectivity index (χ0n) is 17.0. The van der Waals surface area contributed by atoms with Gasteiger partial charge in [-0.3, -0.25) is 0 Å². The van der Waals surface area contributed by atoms with Crippen LogP contribution in [0.1, 0.15) is 36.9 Å². The van der Waals surface area contributed by atoms with Crippen LogP contribution in [-0.4, -0.2) is 42.3 Å². The van der Waals surface area contributed by atoms with Crippen molar-refractivity contribution < 1.29 is 9.63 Å². The first kappa shape index (κ1) is 18.7. The molecular formula is C22H24N6O2. The predicted molar refractivity (Wildman–Crippen MR) is 114 cm³/mol. The Labute approximate surface area is 173 Å². The first-order valence-corrected chi connectivity index (χ1v) is 10.3. The molecule has 4 heterocycles. The highest BCUT2D eigenvalue weighted by molar-refractivity contribution is 5.94. The van der Waals surface area contributed by atoms with Crippen LogP contribution in [0.25, 0.3) is 33.5 Å². The van der Waals surface area contributed by atoms with Gasteiger partial charge in [-0.05, 0) is 57.2 Å². The number of aromatic nitrogens is 5. The number of aromatic amines is 1. The number of fused-ring (bicyclic) bond motifs is 1. The second-order valence-corrected chi connectivity index (χ2v) is 8.00. The maximum Gasteiger partial charge on any atom is 0.223 e. The number of hydrogen-bond donors (Lipinski definition) is 3. The molecule has 30 heavy (non-hydrogen) atoms. The van der Waals surface area contributed by atoms with E-state index in [2.05, 4.69) is 20.4 Å². The molecule has 1 aliphatic carbocycles. The summed E-state index contributed by atoms with van der Waals surface area (Å²) in [6, 6.07) is 4.21. The molecule has 8 nitrogen and oxygen atoms in total. The van der Waals surface area contributed by atoms with Crippen LogP contribution in [-0.2, 0) is 0 Å². The van der Waals surface area contributed by atoms with Crippen LogP contribution in [0.5, 0.6) is 0 Å². The Balaban J connectivity index is 1.48. The van der Waals surface area contributed by atoms with E-state index in [1.807, 2.05) is 38.4 Å². The van der Waals surface area contributed by atoms with Crippen LogP contribution in [0, 0.1) is 13.8 Å². The van der Waals surface area contributed by atoms with Gasteiger partial charge in [0.1, 0.15) is 11.9 Å². The van der Waals surface area contributed by atoms with Crippen molar-refractivity contribution in [3.05, 3.63) is 42.0 Å². The van der Waals surface area contributed by atoms with E-state index in [0.29, 0.717) is 5.95 Å². The van der Waals surface area contributed by atoms with Gasteiger partial charge in [0.15, 0.2) is 0 Å². The highest BCUT2D eigenvalue weighted by atomic mass is 16.5. The molecule has 0 saturated heterocycles. The van der Waals surface area contributed by atoms with Crippen molar-refractivity contribution in [1.29, 1.82) is 0 Å². The summed E-state index contributed by atoms with van der Waals surface area (Å²) in [5, 5.41) is 18.3. The Morgan fingerprint density at radius 2 is 2.07 bits per heavy atom. The Morgan fingerprint density at radius 3 is 2.87 bits per heavy atom. The average molecular weight is 404 g/mol. The van der Waals surface area contributed by atoms with Crippen molar-refractivity contribution in [3.63, 3.8) is 0 Å². The minimum absolute atomic E-state index is 0.198. The molecule has 0 bridgehead atoms. The van der Waals surface area contributed by atoms with E-state index in [0.717, 1.165) is 70.5 Å². The lowest BCUT2D eigenvalue weighted by Gasteiger charge is -2.26. The quantitative estimate of drug-likeness (QED) is 0.471. The van der Waals surface area contributed by atoms with Crippen molar-refractivity contribution in [2.45, 2.75) is 51.7 Å². The van der Waals surface area contributed by atoms with Gasteiger partial charge in [0.2, 0.25) is 5.95 Å². The summed E-state index contributed by atoms with van der Waals surface area (Å²) in [7, 11) is 0. The Kier molecular flexibility index (Phi) is 4.71. The lowest BCUT2D eigenvalue weighted by molar-refractivity contribution is 0.124.